The summed E-state index contributed by atoms with van der Waals surface area (Å²) in [7, 11) is 0. The second kappa shape index (κ2) is 4.98. The van der Waals surface area contributed by atoms with Gasteiger partial charge in [0.1, 0.15) is 6.23 Å². The maximum absolute atomic E-state index is 11.6. The van der Waals surface area contributed by atoms with Crippen LogP contribution in [0.4, 0.5) is 0 Å². The number of ether oxygens (including phenoxy) is 1. The molecule has 96 valence electrons. The van der Waals surface area contributed by atoms with Crippen LogP contribution >= 0.6 is 11.6 Å². The van der Waals surface area contributed by atoms with E-state index in [0.717, 1.165) is 0 Å². The van der Waals surface area contributed by atoms with Crippen LogP contribution in [0.25, 0.3) is 0 Å². The number of hydrogen-bond acceptors (Lipinski definition) is 4. The maximum Gasteiger partial charge on any atom is 0.330 e. The lowest BCUT2D eigenvalue weighted by molar-refractivity contribution is -0.0649. The van der Waals surface area contributed by atoms with Crippen molar-refractivity contribution >= 4 is 11.6 Å². The summed E-state index contributed by atoms with van der Waals surface area (Å²) in [5, 5.41) is 11.5. The molecule has 0 spiro atoms. The largest absolute Gasteiger partial charge is 0.392 e. The van der Waals surface area contributed by atoms with Crippen LogP contribution in [0.2, 0.25) is 0 Å². The van der Waals surface area contributed by atoms with E-state index >= 15 is 0 Å². The Bertz CT molecular complexity index is 612. The molecule has 2 rings (SSSR count). The van der Waals surface area contributed by atoms with Crippen molar-refractivity contribution in [3.05, 3.63) is 33.1 Å². The zero-order valence-corrected chi connectivity index (χ0v) is 10.1. The molecule has 0 radical (unpaired) electrons. The summed E-state index contributed by atoms with van der Waals surface area (Å²) in [5.41, 5.74) is -2.06. The van der Waals surface area contributed by atoms with Crippen LogP contribution in [0, 0.1) is 11.3 Å². The molecule has 1 saturated heterocycles. The van der Waals surface area contributed by atoms with Crippen LogP contribution in [-0.4, -0.2) is 26.9 Å². The van der Waals surface area contributed by atoms with E-state index in [1.54, 1.807) is 0 Å². The lowest BCUT2D eigenvalue weighted by Crippen LogP contribution is -2.35. The molecule has 2 N–H and O–H groups in total. The third-order valence-corrected chi connectivity index (χ3v) is 2.94. The van der Waals surface area contributed by atoms with Crippen LogP contribution in [-0.2, 0) is 4.74 Å². The van der Waals surface area contributed by atoms with Gasteiger partial charge in [0, 0.05) is 17.6 Å². The highest BCUT2D eigenvalue weighted by molar-refractivity contribution is 6.30. The van der Waals surface area contributed by atoms with Gasteiger partial charge in [-0.25, -0.2) is 4.79 Å². The van der Waals surface area contributed by atoms with Crippen molar-refractivity contribution in [1.29, 1.82) is 0 Å². The predicted molar refractivity (Wildman–Crippen MR) is 64.1 cm³/mol. The quantitative estimate of drug-likeness (QED) is 0.728. The summed E-state index contributed by atoms with van der Waals surface area (Å²) in [6.07, 6.45) is 1.74. The number of hydrogen-bond donors (Lipinski definition) is 2. The zero-order valence-electron chi connectivity index (χ0n) is 9.35. The monoisotopic (exact) mass is 270 g/mol. The Kier molecular flexibility index (Phi) is 3.57. The highest BCUT2D eigenvalue weighted by Gasteiger charge is 2.39. The molecule has 0 aromatic carbocycles. The van der Waals surface area contributed by atoms with Crippen LogP contribution < -0.4 is 11.2 Å². The van der Waals surface area contributed by atoms with Gasteiger partial charge in [0.2, 0.25) is 0 Å². The highest BCUT2D eigenvalue weighted by Crippen LogP contribution is 2.34. The summed E-state index contributed by atoms with van der Waals surface area (Å²) in [5.74, 6) is 2.59. The minimum Gasteiger partial charge on any atom is -0.392 e. The Labute approximate surface area is 107 Å². The Hall–Kier alpha value is -1.55. The Morgan fingerprint density at radius 1 is 1.67 bits per heavy atom. The fourth-order valence-corrected chi connectivity index (χ4v) is 2.09. The number of rotatable bonds is 2. The van der Waals surface area contributed by atoms with Gasteiger partial charge in [-0.1, -0.05) is 0 Å². The van der Waals surface area contributed by atoms with E-state index < -0.39 is 23.1 Å². The molecule has 0 amide bonds. The lowest BCUT2D eigenvalue weighted by Gasteiger charge is -2.21. The molecule has 0 aliphatic carbocycles. The minimum absolute atomic E-state index is 0.304. The van der Waals surface area contributed by atoms with Crippen LogP contribution in [0.5, 0.6) is 0 Å². The molecule has 1 aliphatic rings. The van der Waals surface area contributed by atoms with Crippen molar-refractivity contribution in [3.8, 4) is 11.3 Å². The first-order valence-electron chi connectivity index (χ1n) is 5.33. The molecular weight excluding hydrogens is 260 g/mol. The first kappa shape index (κ1) is 12.9. The molecular formula is C11H11ClN2O4. The zero-order chi connectivity index (χ0) is 13.2. The van der Waals surface area contributed by atoms with E-state index in [0.29, 0.717) is 12.8 Å². The Balaban J connectivity index is 2.30. The molecule has 1 aromatic rings. The van der Waals surface area contributed by atoms with Gasteiger partial charge in [-0.3, -0.25) is 14.3 Å². The Morgan fingerprint density at radius 2 is 2.44 bits per heavy atom. The standard InChI is InChI=1S/C11H11ClN2O4/c12-5-4-11(7-15)3-1-9(18-11)14-6-2-8(16)13-10(14)17/h2,6,9,15H,1,3,7H2,(H,13,16,17)/t9-,11+/m1/s1. The highest BCUT2D eigenvalue weighted by atomic mass is 35.5. The number of nitrogens with one attached hydrogen (secondary N) is 1. The third kappa shape index (κ3) is 2.34. The first-order chi connectivity index (χ1) is 8.60. The van der Waals surface area contributed by atoms with E-state index in [1.807, 2.05) is 0 Å². The van der Waals surface area contributed by atoms with Crippen LogP contribution in [0.1, 0.15) is 19.1 Å². The SMILES string of the molecule is O=c1ccn([C@H]2CC[C@](C#CCl)(CO)O2)c(=O)[nH]1. The minimum atomic E-state index is -1.04. The Morgan fingerprint density at radius 3 is 3.06 bits per heavy atom. The van der Waals surface area contributed by atoms with Gasteiger partial charge in [0.05, 0.1) is 6.61 Å². The van der Waals surface area contributed by atoms with Gasteiger partial charge >= 0.3 is 5.69 Å². The molecule has 7 heteroatoms. The number of aromatic nitrogens is 2. The lowest BCUT2D eigenvalue weighted by atomic mass is 10.0. The van der Waals surface area contributed by atoms with Crippen molar-refractivity contribution in [2.45, 2.75) is 24.7 Å². The number of aromatic amines is 1. The summed E-state index contributed by atoms with van der Waals surface area (Å²) < 4.78 is 6.84. The van der Waals surface area contributed by atoms with E-state index in [1.165, 1.54) is 16.8 Å². The molecule has 6 nitrogen and oxygen atoms in total. The molecule has 18 heavy (non-hydrogen) atoms. The average molecular weight is 271 g/mol. The molecule has 0 bridgehead atoms. The van der Waals surface area contributed by atoms with Gasteiger partial charge in [0.25, 0.3) is 5.56 Å². The number of aliphatic hydroxyl groups excluding tert-OH is 1. The van der Waals surface area contributed by atoms with Gasteiger partial charge < -0.3 is 9.84 Å². The predicted octanol–water partition coefficient (Wildman–Crippen LogP) is -0.224. The van der Waals surface area contributed by atoms with Crippen molar-refractivity contribution in [3.63, 3.8) is 0 Å². The summed E-state index contributed by atoms with van der Waals surface area (Å²) in [6.45, 7) is -0.304. The maximum atomic E-state index is 11.6. The molecule has 0 unspecified atom stereocenters. The molecule has 1 fully saturated rings. The number of aliphatic hydroxyl groups is 1. The van der Waals surface area contributed by atoms with Crippen LogP contribution in [0.15, 0.2) is 21.9 Å². The van der Waals surface area contributed by atoms with Crippen molar-refractivity contribution < 1.29 is 9.84 Å². The second-order valence-corrected chi connectivity index (χ2v) is 4.19. The van der Waals surface area contributed by atoms with Crippen molar-refractivity contribution in [1.82, 2.24) is 9.55 Å². The fraction of sp³-hybridized carbons (Fsp3) is 0.455. The topological polar surface area (TPSA) is 84.3 Å². The fourth-order valence-electron chi connectivity index (χ4n) is 1.92. The smallest absolute Gasteiger partial charge is 0.330 e. The number of nitrogens with zero attached hydrogens (tertiary/aromatic N) is 1. The number of halogens is 1. The van der Waals surface area contributed by atoms with Crippen molar-refractivity contribution in [2.24, 2.45) is 0 Å². The molecule has 1 aromatic heterocycles. The van der Waals surface area contributed by atoms with E-state index in [-0.39, 0.29) is 6.61 Å². The normalized spacial score (nSPS) is 26.7. The van der Waals surface area contributed by atoms with Crippen molar-refractivity contribution in [2.75, 3.05) is 6.61 Å². The third-order valence-electron chi connectivity index (χ3n) is 2.85. The second-order valence-electron chi connectivity index (χ2n) is 4.00. The van der Waals surface area contributed by atoms with Gasteiger partial charge in [-0.2, -0.15) is 0 Å². The first-order valence-corrected chi connectivity index (χ1v) is 5.71. The molecule has 1 aliphatic heterocycles. The van der Waals surface area contributed by atoms with Gasteiger partial charge in [0.15, 0.2) is 5.60 Å². The summed E-state index contributed by atoms with van der Waals surface area (Å²) in [6, 6.07) is 1.23. The van der Waals surface area contributed by atoms with Gasteiger partial charge in [-0.05, 0) is 30.4 Å². The molecule has 2 heterocycles. The van der Waals surface area contributed by atoms with E-state index in [2.05, 4.69) is 16.3 Å². The summed E-state index contributed by atoms with van der Waals surface area (Å²) >= 11 is 5.33. The molecule has 2 atom stereocenters. The average Bonchev–Trinajstić information content (AvgIpc) is 2.74. The number of H-pyrrole nitrogens is 1. The van der Waals surface area contributed by atoms with E-state index in [4.69, 9.17) is 16.3 Å². The van der Waals surface area contributed by atoms with Crippen LogP contribution in [0.3, 0.4) is 0 Å². The van der Waals surface area contributed by atoms with E-state index in [9.17, 15) is 14.7 Å². The van der Waals surface area contributed by atoms with Gasteiger partial charge in [-0.15, -0.1) is 0 Å². The molecule has 0 saturated carbocycles. The summed E-state index contributed by atoms with van der Waals surface area (Å²) in [4.78, 5) is 24.7.